The van der Waals surface area contributed by atoms with Crippen molar-refractivity contribution in [3.63, 3.8) is 0 Å². The Hall–Kier alpha value is -2.24. The first-order chi connectivity index (χ1) is 9.91. The molecular weight excluding hydrogens is 281 g/mol. The van der Waals surface area contributed by atoms with Crippen LogP contribution in [-0.2, 0) is 6.18 Å². The second-order valence-electron chi connectivity index (χ2n) is 4.46. The largest absolute Gasteiger partial charge is 0.420 e. The van der Waals surface area contributed by atoms with E-state index < -0.39 is 11.7 Å². The minimum atomic E-state index is -4.34. The number of aryl methyl sites for hydroxylation is 1. The topological polar surface area (TPSA) is 38.1 Å². The molecule has 0 aliphatic heterocycles. The summed E-state index contributed by atoms with van der Waals surface area (Å²) >= 11 is 0. The SMILES string of the molecule is C/C=C/CNc1oc(-c2ccc(C(F)(F)F)cc2)nc1C. The van der Waals surface area contributed by atoms with Gasteiger partial charge in [0.05, 0.1) is 5.56 Å². The van der Waals surface area contributed by atoms with Gasteiger partial charge in [-0.1, -0.05) is 12.2 Å². The van der Waals surface area contributed by atoms with E-state index in [1.54, 1.807) is 6.92 Å². The van der Waals surface area contributed by atoms with Crippen LogP contribution in [0, 0.1) is 6.92 Å². The van der Waals surface area contributed by atoms with Crippen LogP contribution in [0.25, 0.3) is 11.5 Å². The molecule has 0 unspecified atom stereocenters. The van der Waals surface area contributed by atoms with E-state index in [-0.39, 0.29) is 0 Å². The predicted octanol–water partition coefficient (Wildman–Crippen LogP) is 4.66. The molecule has 0 atom stereocenters. The molecule has 1 N–H and O–H groups in total. The van der Waals surface area contributed by atoms with E-state index in [0.717, 1.165) is 12.1 Å². The van der Waals surface area contributed by atoms with Crippen LogP contribution in [0.3, 0.4) is 0 Å². The molecule has 0 aliphatic carbocycles. The van der Waals surface area contributed by atoms with E-state index in [2.05, 4.69) is 10.3 Å². The van der Waals surface area contributed by atoms with Crippen molar-refractivity contribution in [2.24, 2.45) is 0 Å². The molecule has 0 amide bonds. The van der Waals surface area contributed by atoms with Crippen LogP contribution in [0.4, 0.5) is 19.1 Å². The molecule has 112 valence electrons. The standard InChI is InChI=1S/C15H15F3N2O/c1-3-4-9-19-13-10(2)20-14(21-13)11-5-7-12(8-6-11)15(16,17)18/h3-8,19H,9H2,1-2H3/b4-3+. The first kappa shape index (κ1) is 15.2. The maximum absolute atomic E-state index is 12.5. The van der Waals surface area contributed by atoms with Gasteiger partial charge in [0.2, 0.25) is 11.8 Å². The summed E-state index contributed by atoms with van der Waals surface area (Å²) < 4.78 is 43.1. The van der Waals surface area contributed by atoms with Crippen LogP contribution in [-0.4, -0.2) is 11.5 Å². The zero-order valence-corrected chi connectivity index (χ0v) is 11.7. The van der Waals surface area contributed by atoms with Crippen LogP contribution in [0.1, 0.15) is 18.2 Å². The highest BCUT2D eigenvalue weighted by atomic mass is 19.4. The highest BCUT2D eigenvalue weighted by Crippen LogP contribution is 2.31. The summed E-state index contributed by atoms with van der Waals surface area (Å²) in [7, 11) is 0. The van der Waals surface area contributed by atoms with Gasteiger partial charge < -0.3 is 9.73 Å². The van der Waals surface area contributed by atoms with Gasteiger partial charge in [0.1, 0.15) is 5.69 Å². The number of anilines is 1. The second-order valence-corrected chi connectivity index (χ2v) is 4.46. The van der Waals surface area contributed by atoms with Crippen molar-refractivity contribution < 1.29 is 17.6 Å². The Morgan fingerprint density at radius 3 is 2.48 bits per heavy atom. The molecule has 0 spiro atoms. The van der Waals surface area contributed by atoms with E-state index >= 15 is 0 Å². The normalized spacial score (nSPS) is 12.0. The van der Waals surface area contributed by atoms with Gasteiger partial charge in [0.15, 0.2) is 0 Å². The smallest absolute Gasteiger partial charge is 0.416 e. The molecule has 21 heavy (non-hydrogen) atoms. The first-order valence-electron chi connectivity index (χ1n) is 6.42. The molecule has 0 aliphatic rings. The Bertz CT molecular complexity index is 627. The van der Waals surface area contributed by atoms with Crippen molar-refractivity contribution in [3.05, 3.63) is 47.7 Å². The third kappa shape index (κ3) is 3.65. The molecule has 1 aromatic carbocycles. The lowest BCUT2D eigenvalue weighted by Crippen LogP contribution is -2.03. The Balaban J connectivity index is 2.20. The van der Waals surface area contributed by atoms with E-state index in [9.17, 15) is 13.2 Å². The van der Waals surface area contributed by atoms with E-state index in [1.165, 1.54) is 12.1 Å². The maximum atomic E-state index is 12.5. The molecule has 6 heteroatoms. The summed E-state index contributed by atoms with van der Waals surface area (Å²) in [5.41, 5.74) is 0.473. The lowest BCUT2D eigenvalue weighted by atomic mass is 10.1. The van der Waals surface area contributed by atoms with Crippen LogP contribution in [0.15, 0.2) is 40.8 Å². The van der Waals surface area contributed by atoms with Gasteiger partial charge in [0.25, 0.3) is 0 Å². The summed E-state index contributed by atoms with van der Waals surface area (Å²) in [6.07, 6.45) is -0.528. The van der Waals surface area contributed by atoms with E-state index in [4.69, 9.17) is 4.42 Å². The van der Waals surface area contributed by atoms with Crippen LogP contribution < -0.4 is 5.32 Å². The van der Waals surface area contributed by atoms with Gasteiger partial charge >= 0.3 is 6.18 Å². The Morgan fingerprint density at radius 2 is 1.90 bits per heavy atom. The van der Waals surface area contributed by atoms with E-state index in [1.807, 2.05) is 19.1 Å². The highest BCUT2D eigenvalue weighted by Gasteiger charge is 2.30. The molecule has 0 bridgehead atoms. The number of halogens is 3. The summed E-state index contributed by atoms with van der Waals surface area (Å²) in [5.74, 6) is 0.812. The van der Waals surface area contributed by atoms with Crippen molar-refractivity contribution in [2.45, 2.75) is 20.0 Å². The highest BCUT2D eigenvalue weighted by molar-refractivity contribution is 5.57. The molecule has 0 radical (unpaired) electrons. The van der Waals surface area contributed by atoms with Crippen LogP contribution in [0.2, 0.25) is 0 Å². The third-order valence-electron chi connectivity index (χ3n) is 2.87. The number of nitrogens with zero attached hydrogens (tertiary/aromatic N) is 1. The fraction of sp³-hybridized carbons (Fsp3) is 0.267. The first-order valence-corrected chi connectivity index (χ1v) is 6.42. The number of aromatic nitrogens is 1. The van der Waals surface area contributed by atoms with Gasteiger partial charge in [-0.25, -0.2) is 4.98 Å². The second kappa shape index (κ2) is 6.03. The average Bonchev–Trinajstić information content (AvgIpc) is 2.80. The molecule has 1 heterocycles. The molecule has 2 aromatic rings. The molecule has 3 nitrogen and oxygen atoms in total. The minimum Gasteiger partial charge on any atom is -0.420 e. The quantitative estimate of drug-likeness (QED) is 0.834. The van der Waals surface area contributed by atoms with Crippen molar-refractivity contribution in [3.8, 4) is 11.5 Å². The van der Waals surface area contributed by atoms with Gasteiger partial charge in [-0.3, -0.25) is 0 Å². The van der Waals surface area contributed by atoms with Crippen LogP contribution >= 0.6 is 0 Å². The molecule has 0 saturated heterocycles. The third-order valence-corrected chi connectivity index (χ3v) is 2.87. The fourth-order valence-electron chi connectivity index (χ4n) is 1.76. The predicted molar refractivity (Wildman–Crippen MR) is 75.0 cm³/mol. The van der Waals surface area contributed by atoms with Gasteiger partial charge in [-0.15, -0.1) is 0 Å². The number of alkyl halides is 3. The number of benzene rings is 1. The summed E-state index contributed by atoms with van der Waals surface area (Å²) in [5, 5.41) is 3.04. The maximum Gasteiger partial charge on any atom is 0.416 e. The Morgan fingerprint density at radius 1 is 1.24 bits per heavy atom. The number of allylic oxidation sites excluding steroid dienone is 1. The van der Waals surface area contributed by atoms with Crippen molar-refractivity contribution in [1.29, 1.82) is 0 Å². The molecular formula is C15H15F3N2O. The number of nitrogens with one attached hydrogen (secondary N) is 1. The van der Waals surface area contributed by atoms with Gasteiger partial charge in [-0.05, 0) is 38.1 Å². The molecule has 2 rings (SSSR count). The van der Waals surface area contributed by atoms with Gasteiger partial charge in [-0.2, -0.15) is 13.2 Å². The summed E-state index contributed by atoms with van der Waals surface area (Å²) in [4.78, 5) is 4.22. The Kier molecular flexibility index (Phi) is 4.35. The van der Waals surface area contributed by atoms with E-state index in [0.29, 0.717) is 29.6 Å². The van der Waals surface area contributed by atoms with Crippen LogP contribution in [0.5, 0.6) is 0 Å². The Labute approximate surface area is 120 Å². The van der Waals surface area contributed by atoms with Crippen molar-refractivity contribution in [1.82, 2.24) is 4.98 Å². The fourth-order valence-corrected chi connectivity index (χ4v) is 1.76. The monoisotopic (exact) mass is 296 g/mol. The lowest BCUT2D eigenvalue weighted by Gasteiger charge is -2.06. The van der Waals surface area contributed by atoms with Crippen molar-refractivity contribution in [2.75, 3.05) is 11.9 Å². The number of rotatable bonds is 4. The molecule has 0 fully saturated rings. The minimum absolute atomic E-state index is 0.296. The summed E-state index contributed by atoms with van der Waals surface area (Å²) in [6, 6.07) is 4.73. The number of hydrogen-bond donors (Lipinski definition) is 1. The number of hydrogen-bond acceptors (Lipinski definition) is 3. The number of oxazole rings is 1. The lowest BCUT2D eigenvalue weighted by molar-refractivity contribution is -0.137. The zero-order valence-electron chi connectivity index (χ0n) is 11.7. The van der Waals surface area contributed by atoms with Gasteiger partial charge in [0, 0.05) is 12.1 Å². The average molecular weight is 296 g/mol. The van der Waals surface area contributed by atoms with Crippen molar-refractivity contribution >= 4 is 5.88 Å². The molecule has 0 saturated carbocycles. The molecule has 1 aromatic heterocycles. The zero-order chi connectivity index (χ0) is 15.5. The summed E-state index contributed by atoms with van der Waals surface area (Å²) in [6.45, 7) is 4.27.